The van der Waals surface area contributed by atoms with Gasteiger partial charge in [0.25, 0.3) is 5.91 Å². The van der Waals surface area contributed by atoms with Gasteiger partial charge in [0.15, 0.2) is 0 Å². The summed E-state index contributed by atoms with van der Waals surface area (Å²) in [5.74, 6) is 0.444. The number of ether oxygens (including phenoxy) is 1. The summed E-state index contributed by atoms with van der Waals surface area (Å²) in [7, 11) is 0. The van der Waals surface area contributed by atoms with Crippen LogP contribution < -0.4 is 10.1 Å². The van der Waals surface area contributed by atoms with Gasteiger partial charge in [-0.2, -0.15) is 0 Å². The number of rotatable bonds is 3. The van der Waals surface area contributed by atoms with Gasteiger partial charge in [-0.05, 0) is 59.0 Å². The Kier molecular flexibility index (Phi) is 4.32. The van der Waals surface area contributed by atoms with Gasteiger partial charge in [0.05, 0.1) is 11.9 Å². The number of anilines is 1. The first-order valence-corrected chi connectivity index (χ1v) is 8.47. The van der Waals surface area contributed by atoms with E-state index in [-0.39, 0.29) is 5.91 Å². The number of carbonyl (C=O) groups is 1. The Bertz CT molecular complexity index is 1030. The molecule has 1 aromatic heterocycles. The normalized spacial score (nSPS) is 12.6. The quantitative estimate of drug-likeness (QED) is 0.716. The Morgan fingerprint density at radius 1 is 1.19 bits per heavy atom. The van der Waals surface area contributed by atoms with Crippen LogP contribution in [0.25, 0.3) is 11.8 Å². The molecule has 0 saturated carbocycles. The predicted octanol–water partition coefficient (Wildman–Crippen LogP) is 3.35. The molecule has 3 aromatic rings. The lowest BCUT2D eigenvalue weighted by molar-refractivity contribution is -0.112. The van der Waals surface area contributed by atoms with Crippen molar-refractivity contribution in [1.82, 2.24) is 20.2 Å². The fourth-order valence-electron chi connectivity index (χ4n) is 2.49. The lowest BCUT2D eigenvalue weighted by Crippen LogP contribution is -2.13. The summed E-state index contributed by atoms with van der Waals surface area (Å²) in [5, 5.41) is 13.9. The van der Waals surface area contributed by atoms with E-state index >= 15 is 0 Å². The van der Waals surface area contributed by atoms with Gasteiger partial charge in [0, 0.05) is 21.3 Å². The number of aromatic nitrogens is 4. The topological polar surface area (TPSA) is 81.9 Å². The predicted molar refractivity (Wildman–Crippen MR) is 99.7 cm³/mol. The van der Waals surface area contributed by atoms with Gasteiger partial charge < -0.3 is 10.1 Å². The van der Waals surface area contributed by atoms with Gasteiger partial charge in [-0.3, -0.25) is 4.79 Å². The highest BCUT2D eigenvalue weighted by molar-refractivity contribution is 9.10. The maximum Gasteiger partial charge on any atom is 0.255 e. The van der Waals surface area contributed by atoms with Crippen molar-refractivity contribution in [1.29, 1.82) is 0 Å². The smallest absolute Gasteiger partial charge is 0.255 e. The van der Waals surface area contributed by atoms with Crippen LogP contribution in [-0.2, 0) is 4.79 Å². The minimum absolute atomic E-state index is 0.244. The average molecular weight is 410 g/mol. The molecule has 1 amide bonds. The van der Waals surface area contributed by atoms with Gasteiger partial charge in [-0.1, -0.05) is 22.0 Å². The number of nitrogens with one attached hydrogen (secondary N) is 1. The zero-order valence-corrected chi connectivity index (χ0v) is 14.9. The van der Waals surface area contributed by atoms with E-state index in [0.29, 0.717) is 17.0 Å². The Labute approximate surface area is 157 Å². The number of amides is 1. The monoisotopic (exact) mass is 409 g/mol. The van der Waals surface area contributed by atoms with Crippen molar-refractivity contribution >= 4 is 33.6 Å². The maximum atomic E-state index is 12.7. The van der Waals surface area contributed by atoms with Crippen LogP contribution in [0, 0.1) is 0 Å². The second-order valence-electron chi connectivity index (χ2n) is 5.46. The molecular weight excluding hydrogens is 398 g/mol. The molecule has 0 atom stereocenters. The molecule has 1 aliphatic heterocycles. The molecule has 1 N–H and O–H groups in total. The highest BCUT2D eigenvalue weighted by atomic mass is 79.9. The number of carbonyl (C=O) groups excluding carboxylic acids is 1. The first-order valence-electron chi connectivity index (χ1n) is 7.68. The van der Waals surface area contributed by atoms with E-state index < -0.39 is 0 Å². The molecule has 0 bridgehead atoms. The molecule has 7 nitrogen and oxygen atoms in total. The van der Waals surface area contributed by atoms with Crippen LogP contribution in [0.15, 0.2) is 71.2 Å². The molecule has 0 fully saturated rings. The standard InChI is InChI=1S/C18H12BrN5O2/c19-14-4-5-17-13(9-14)8-12(6-7-26-17)18(25)21-15-2-1-3-16(10-15)24-11-20-22-23-24/h1-11H,(H,21,25). The van der Waals surface area contributed by atoms with Crippen molar-refractivity contribution in [3.05, 3.63) is 76.7 Å². The minimum Gasteiger partial charge on any atom is -0.464 e. The first-order chi connectivity index (χ1) is 12.7. The molecule has 0 aliphatic carbocycles. The first kappa shape index (κ1) is 16.2. The number of nitrogens with zero attached hydrogens (tertiary/aromatic N) is 4. The fourth-order valence-corrected chi connectivity index (χ4v) is 2.86. The Balaban J connectivity index is 1.59. The van der Waals surface area contributed by atoms with Crippen molar-refractivity contribution < 1.29 is 9.53 Å². The second kappa shape index (κ2) is 6.93. The molecule has 1 aliphatic rings. The molecule has 2 aromatic carbocycles. The van der Waals surface area contributed by atoms with E-state index in [9.17, 15) is 4.79 Å². The van der Waals surface area contributed by atoms with Crippen molar-refractivity contribution in [2.75, 3.05) is 5.32 Å². The molecule has 26 heavy (non-hydrogen) atoms. The van der Waals surface area contributed by atoms with E-state index in [1.807, 2.05) is 30.3 Å². The maximum absolute atomic E-state index is 12.7. The SMILES string of the molecule is O=C(Nc1cccc(-n2cnnn2)c1)C1=Cc2cc(Br)ccc2OC=C1. The molecule has 0 saturated heterocycles. The third-order valence-corrected chi connectivity index (χ3v) is 4.20. The molecule has 0 radical (unpaired) electrons. The third kappa shape index (κ3) is 3.40. The lowest BCUT2D eigenvalue weighted by Gasteiger charge is -2.07. The molecule has 0 unspecified atom stereocenters. The van der Waals surface area contributed by atoms with E-state index in [4.69, 9.17) is 4.74 Å². The van der Waals surface area contributed by atoms with E-state index in [0.717, 1.165) is 15.7 Å². The van der Waals surface area contributed by atoms with Crippen LogP contribution in [0.5, 0.6) is 5.75 Å². The lowest BCUT2D eigenvalue weighted by atomic mass is 10.1. The minimum atomic E-state index is -0.244. The molecule has 8 heteroatoms. The fraction of sp³-hybridized carbons (Fsp3) is 0. The summed E-state index contributed by atoms with van der Waals surface area (Å²) < 4.78 is 7.97. The number of hydrogen-bond donors (Lipinski definition) is 1. The average Bonchev–Trinajstić information content (AvgIpc) is 3.09. The van der Waals surface area contributed by atoms with Crippen molar-refractivity contribution in [2.24, 2.45) is 0 Å². The van der Waals surface area contributed by atoms with E-state index in [1.54, 1.807) is 24.3 Å². The number of hydrogen-bond acceptors (Lipinski definition) is 5. The Morgan fingerprint density at radius 3 is 2.96 bits per heavy atom. The summed E-state index contributed by atoms with van der Waals surface area (Å²) in [5.41, 5.74) is 2.68. The molecular formula is C18H12BrN5O2. The van der Waals surface area contributed by atoms with Gasteiger partial charge in [0.1, 0.15) is 12.1 Å². The summed E-state index contributed by atoms with van der Waals surface area (Å²) >= 11 is 3.43. The summed E-state index contributed by atoms with van der Waals surface area (Å²) in [6.45, 7) is 0. The number of benzene rings is 2. The Morgan fingerprint density at radius 2 is 2.12 bits per heavy atom. The van der Waals surface area contributed by atoms with Crippen molar-refractivity contribution in [3.63, 3.8) is 0 Å². The van der Waals surface area contributed by atoms with Crippen LogP contribution in [-0.4, -0.2) is 26.1 Å². The Hall–Kier alpha value is -3.26. The largest absolute Gasteiger partial charge is 0.464 e. The summed E-state index contributed by atoms with van der Waals surface area (Å²) in [6.07, 6.45) is 6.41. The van der Waals surface area contributed by atoms with Crippen LogP contribution in [0.1, 0.15) is 5.56 Å². The van der Waals surface area contributed by atoms with Crippen molar-refractivity contribution in [2.45, 2.75) is 0 Å². The van der Waals surface area contributed by atoms with E-state index in [2.05, 4.69) is 36.8 Å². The number of fused-ring (bicyclic) bond motifs is 1. The highest BCUT2D eigenvalue weighted by Gasteiger charge is 2.13. The second-order valence-corrected chi connectivity index (χ2v) is 6.38. The van der Waals surface area contributed by atoms with Crippen LogP contribution in [0.2, 0.25) is 0 Å². The van der Waals surface area contributed by atoms with Crippen LogP contribution in [0.4, 0.5) is 5.69 Å². The van der Waals surface area contributed by atoms with E-state index in [1.165, 1.54) is 17.3 Å². The zero-order valence-electron chi connectivity index (χ0n) is 13.3. The molecule has 128 valence electrons. The molecule has 2 heterocycles. The van der Waals surface area contributed by atoms with Gasteiger partial charge >= 0.3 is 0 Å². The third-order valence-electron chi connectivity index (χ3n) is 3.71. The number of tetrazole rings is 1. The van der Waals surface area contributed by atoms with Crippen LogP contribution in [0.3, 0.4) is 0 Å². The zero-order chi connectivity index (χ0) is 17.9. The molecule has 0 spiro atoms. The summed E-state index contributed by atoms with van der Waals surface area (Å²) in [6, 6.07) is 12.9. The highest BCUT2D eigenvalue weighted by Crippen LogP contribution is 2.28. The van der Waals surface area contributed by atoms with Crippen LogP contribution >= 0.6 is 15.9 Å². The van der Waals surface area contributed by atoms with Gasteiger partial charge in [0.2, 0.25) is 0 Å². The van der Waals surface area contributed by atoms with Gasteiger partial charge in [-0.15, -0.1) is 5.10 Å². The van der Waals surface area contributed by atoms with Crippen molar-refractivity contribution in [3.8, 4) is 11.4 Å². The number of halogens is 1. The summed E-state index contributed by atoms with van der Waals surface area (Å²) in [4.78, 5) is 12.7. The molecule has 4 rings (SSSR count). The van der Waals surface area contributed by atoms with Gasteiger partial charge in [-0.25, -0.2) is 4.68 Å².